The Morgan fingerprint density at radius 3 is 2.55 bits per heavy atom. The van der Waals surface area contributed by atoms with Gasteiger partial charge >= 0.3 is 5.97 Å². The van der Waals surface area contributed by atoms with Gasteiger partial charge in [0.2, 0.25) is 0 Å². The first kappa shape index (κ1) is 22.6. The number of esters is 1. The van der Waals surface area contributed by atoms with Crippen LogP contribution in [0.5, 0.6) is 5.75 Å². The number of hydrogen-bond donors (Lipinski definition) is 1. The third kappa shape index (κ3) is 6.17. The van der Waals surface area contributed by atoms with Gasteiger partial charge in [0.05, 0.1) is 20.7 Å². The molecule has 0 bridgehead atoms. The van der Waals surface area contributed by atoms with Crippen LogP contribution in [0.3, 0.4) is 0 Å². The summed E-state index contributed by atoms with van der Waals surface area (Å²) in [4.78, 5) is 23.9. The molecule has 0 aromatic heterocycles. The molecule has 29 heavy (non-hydrogen) atoms. The number of benzene rings is 2. The van der Waals surface area contributed by atoms with Gasteiger partial charge in [0.1, 0.15) is 24.0 Å². The summed E-state index contributed by atoms with van der Waals surface area (Å²) in [6.07, 6.45) is 3.13. The number of hydrogen-bond acceptors (Lipinski definition) is 5. The Hall–Kier alpha value is -2.64. The van der Waals surface area contributed by atoms with Crippen LogP contribution in [0.25, 0.3) is 6.08 Å². The summed E-state index contributed by atoms with van der Waals surface area (Å²) in [6, 6.07) is 11.6. The first-order valence-corrected chi connectivity index (χ1v) is 10.1. The lowest BCUT2D eigenvalue weighted by Crippen LogP contribution is -2.13. The van der Waals surface area contributed by atoms with Crippen molar-refractivity contribution in [2.24, 2.45) is 0 Å². The molecule has 0 unspecified atom stereocenters. The number of carbonyl (C=O) groups is 2. The number of nitrogens with one attached hydrogen (secondary N) is 1. The van der Waals surface area contributed by atoms with Gasteiger partial charge in [0.15, 0.2) is 0 Å². The number of rotatable bonds is 7. The van der Waals surface area contributed by atoms with E-state index in [0.29, 0.717) is 33.6 Å². The van der Waals surface area contributed by atoms with Gasteiger partial charge in [-0.3, -0.25) is 4.79 Å². The zero-order valence-electron chi connectivity index (χ0n) is 15.4. The Kier molecular flexibility index (Phi) is 8.42. The van der Waals surface area contributed by atoms with E-state index in [1.165, 1.54) is 25.3 Å². The molecule has 0 atom stereocenters. The lowest BCUT2D eigenvalue weighted by molar-refractivity contribution is -0.112. The van der Waals surface area contributed by atoms with Gasteiger partial charge in [-0.25, -0.2) is 4.79 Å². The number of amides is 1. The molecule has 148 valence electrons. The van der Waals surface area contributed by atoms with Crippen LogP contribution >= 0.6 is 38.5 Å². The van der Waals surface area contributed by atoms with Gasteiger partial charge in [-0.2, -0.15) is 5.26 Å². The van der Waals surface area contributed by atoms with Crippen LogP contribution < -0.4 is 10.1 Å². The topological polar surface area (TPSA) is 88.4 Å². The number of anilines is 1. The van der Waals surface area contributed by atoms with Gasteiger partial charge in [-0.15, -0.1) is 0 Å². The van der Waals surface area contributed by atoms with Gasteiger partial charge in [0.25, 0.3) is 5.91 Å². The fourth-order valence-corrected chi connectivity index (χ4v) is 4.03. The predicted octanol–water partition coefficient (Wildman–Crippen LogP) is 4.95. The van der Waals surface area contributed by atoms with E-state index in [-0.39, 0.29) is 5.57 Å². The van der Waals surface area contributed by atoms with Crippen LogP contribution in [0.1, 0.15) is 15.9 Å². The van der Waals surface area contributed by atoms with Crippen LogP contribution in [-0.4, -0.2) is 25.6 Å². The summed E-state index contributed by atoms with van der Waals surface area (Å²) in [7, 11) is 1.29. The van der Waals surface area contributed by atoms with Crippen molar-refractivity contribution >= 4 is 62.2 Å². The zero-order chi connectivity index (χ0) is 21.4. The van der Waals surface area contributed by atoms with Crippen LogP contribution in [0, 0.1) is 14.9 Å². The van der Waals surface area contributed by atoms with Crippen LogP contribution in [-0.2, 0) is 9.53 Å². The largest absolute Gasteiger partial charge is 0.487 e. The van der Waals surface area contributed by atoms with Crippen molar-refractivity contribution in [2.75, 3.05) is 19.0 Å². The highest BCUT2D eigenvalue weighted by Crippen LogP contribution is 2.32. The summed E-state index contributed by atoms with van der Waals surface area (Å²) in [5.41, 5.74) is 1.41. The molecule has 0 heterocycles. The van der Waals surface area contributed by atoms with Gasteiger partial charge in [0, 0.05) is 5.69 Å². The van der Waals surface area contributed by atoms with Crippen molar-refractivity contribution in [3.63, 3.8) is 0 Å². The highest BCUT2D eigenvalue weighted by Gasteiger charge is 2.13. The minimum Gasteiger partial charge on any atom is -0.487 e. The molecule has 0 radical (unpaired) electrons. The van der Waals surface area contributed by atoms with Crippen molar-refractivity contribution < 1.29 is 19.1 Å². The average Bonchev–Trinajstić information content (AvgIpc) is 2.71. The van der Waals surface area contributed by atoms with E-state index in [1.807, 2.05) is 6.07 Å². The molecule has 0 aliphatic carbocycles. The summed E-state index contributed by atoms with van der Waals surface area (Å²) >= 11 is 5.56. The summed E-state index contributed by atoms with van der Waals surface area (Å²) < 4.78 is 11.7. The first-order valence-electron chi connectivity index (χ1n) is 8.23. The van der Waals surface area contributed by atoms with E-state index in [1.54, 1.807) is 30.3 Å². The van der Waals surface area contributed by atoms with Crippen molar-refractivity contribution in [3.8, 4) is 11.8 Å². The normalized spacial score (nSPS) is 10.6. The number of halogens is 2. The minimum absolute atomic E-state index is 0.0653. The maximum absolute atomic E-state index is 12.5. The molecular weight excluding hydrogens is 551 g/mol. The molecule has 0 spiro atoms. The molecule has 0 fully saturated rings. The third-order valence-corrected chi connectivity index (χ3v) is 5.00. The Labute approximate surface area is 190 Å². The second-order valence-corrected chi connectivity index (χ2v) is 7.62. The summed E-state index contributed by atoms with van der Waals surface area (Å²) in [5, 5.41) is 12.0. The molecule has 0 aliphatic heterocycles. The molecule has 6 nitrogen and oxygen atoms in total. The second-order valence-electron chi connectivity index (χ2n) is 5.61. The Balaban J connectivity index is 2.21. The standard InChI is InChI=1S/C21H16BrIN2O4/c1-3-8-29-19-17(22)10-13(11-18(19)23)9-15(12-24)20(26)25-16-6-4-14(5-7-16)21(27)28-2/h3-7,9-11H,1,8H2,2H3,(H,25,26)/b15-9+. The number of methoxy groups -OCH3 is 1. The molecule has 1 N–H and O–H groups in total. The molecule has 0 saturated heterocycles. The molecule has 2 aromatic rings. The third-order valence-electron chi connectivity index (χ3n) is 3.61. The lowest BCUT2D eigenvalue weighted by Gasteiger charge is -2.10. The molecule has 1 amide bonds. The van der Waals surface area contributed by atoms with E-state index in [9.17, 15) is 14.9 Å². The van der Waals surface area contributed by atoms with Crippen LogP contribution in [0.2, 0.25) is 0 Å². The molecule has 8 heteroatoms. The maximum atomic E-state index is 12.5. The Morgan fingerprint density at radius 1 is 1.31 bits per heavy atom. The molecule has 0 saturated carbocycles. The van der Waals surface area contributed by atoms with E-state index >= 15 is 0 Å². The molecular formula is C21H16BrIN2O4. The highest BCUT2D eigenvalue weighted by atomic mass is 127. The van der Waals surface area contributed by atoms with E-state index in [0.717, 1.165) is 3.57 Å². The predicted molar refractivity (Wildman–Crippen MR) is 123 cm³/mol. The summed E-state index contributed by atoms with van der Waals surface area (Å²) in [5.74, 6) is -0.367. The molecule has 2 aromatic carbocycles. The zero-order valence-corrected chi connectivity index (χ0v) is 19.1. The number of nitriles is 1. The molecule has 2 rings (SSSR count). The lowest BCUT2D eigenvalue weighted by atomic mass is 10.1. The average molecular weight is 567 g/mol. The maximum Gasteiger partial charge on any atom is 0.337 e. The Bertz CT molecular complexity index is 987. The fourth-order valence-electron chi connectivity index (χ4n) is 2.26. The van der Waals surface area contributed by atoms with Crippen LogP contribution in [0.4, 0.5) is 5.69 Å². The van der Waals surface area contributed by atoms with Crippen molar-refractivity contribution in [1.29, 1.82) is 5.26 Å². The van der Waals surface area contributed by atoms with E-state index in [2.05, 4.69) is 55.2 Å². The van der Waals surface area contributed by atoms with Gasteiger partial charge < -0.3 is 14.8 Å². The SMILES string of the molecule is C=CCOc1c(Br)cc(/C=C(\C#N)C(=O)Nc2ccc(C(=O)OC)cc2)cc1I. The van der Waals surface area contributed by atoms with Crippen molar-refractivity contribution in [3.05, 3.63) is 73.8 Å². The first-order chi connectivity index (χ1) is 13.9. The molecule has 0 aliphatic rings. The summed E-state index contributed by atoms with van der Waals surface area (Å²) in [6.45, 7) is 3.98. The second kappa shape index (κ2) is 10.8. The van der Waals surface area contributed by atoms with E-state index in [4.69, 9.17) is 4.74 Å². The van der Waals surface area contributed by atoms with Gasteiger partial charge in [-0.1, -0.05) is 12.7 Å². The monoisotopic (exact) mass is 566 g/mol. The Morgan fingerprint density at radius 2 is 2.00 bits per heavy atom. The minimum atomic E-state index is -0.559. The fraction of sp³-hybridized carbons (Fsp3) is 0.0952. The highest BCUT2D eigenvalue weighted by molar-refractivity contribution is 14.1. The smallest absolute Gasteiger partial charge is 0.337 e. The van der Waals surface area contributed by atoms with Gasteiger partial charge in [-0.05, 0) is 86.6 Å². The van der Waals surface area contributed by atoms with E-state index < -0.39 is 11.9 Å². The van der Waals surface area contributed by atoms with Crippen LogP contribution in [0.15, 0.2) is 59.1 Å². The van der Waals surface area contributed by atoms with Crippen molar-refractivity contribution in [2.45, 2.75) is 0 Å². The number of carbonyl (C=O) groups excluding carboxylic acids is 2. The quantitative estimate of drug-likeness (QED) is 0.168. The number of ether oxygens (including phenoxy) is 2. The number of nitrogens with zero attached hydrogens (tertiary/aromatic N) is 1. The van der Waals surface area contributed by atoms with Crippen molar-refractivity contribution in [1.82, 2.24) is 0 Å².